The van der Waals surface area contributed by atoms with Crippen molar-refractivity contribution in [3.8, 4) is 0 Å². The summed E-state index contributed by atoms with van der Waals surface area (Å²) in [5.74, 6) is -0.0340. The lowest BCUT2D eigenvalue weighted by atomic mass is 10.2. The van der Waals surface area contributed by atoms with Crippen LogP contribution in [-0.4, -0.2) is 44.7 Å². The highest BCUT2D eigenvalue weighted by Gasteiger charge is 2.01. The Kier molecular flexibility index (Phi) is 8.97. The topological polar surface area (TPSA) is 44.7 Å². The molecule has 17 heavy (non-hydrogen) atoms. The molecule has 0 aromatic heterocycles. The van der Waals surface area contributed by atoms with Gasteiger partial charge in [0.15, 0.2) is 0 Å². The number of carbonyl (C=O) groups excluding carboxylic acids is 1. The molecule has 0 rings (SSSR count). The number of nitrogens with zero attached hydrogens (tertiary/aromatic N) is 2. The van der Waals surface area contributed by atoms with E-state index >= 15 is 0 Å². The number of carbonyl (C=O) groups is 1. The van der Waals surface area contributed by atoms with Crippen LogP contribution in [0.4, 0.5) is 0 Å². The third-order valence-corrected chi connectivity index (χ3v) is 2.75. The number of amides is 1. The molecule has 0 aromatic carbocycles. The van der Waals surface area contributed by atoms with E-state index in [1.165, 1.54) is 0 Å². The van der Waals surface area contributed by atoms with E-state index in [1.54, 1.807) is 19.1 Å². The van der Waals surface area contributed by atoms with Crippen LogP contribution in [0.25, 0.3) is 0 Å². The summed E-state index contributed by atoms with van der Waals surface area (Å²) in [7, 11) is 4.03. The summed E-state index contributed by atoms with van der Waals surface area (Å²) in [6, 6.07) is 0. The van der Waals surface area contributed by atoms with Crippen LogP contribution < -0.4 is 5.32 Å². The molecule has 4 nitrogen and oxygen atoms in total. The molecular formula is C12H20IN3O. The van der Waals surface area contributed by atoms with Gasteiger partial charge in [-0.2, -0.15) is 0 Å². The first-order chi connectivity index (χ1) is 7.97. The lowest BCUT2D eigenvalue weighted by Gasteiger charge is -2.09. The first-order valence-corrected chi connectivity index (χ1v) is 6.49. The summed E-state index contributed by atoms with van der Waals surface area (Å²) in [5.41, 5.74) is 0.674. The Bertz CT molecular complexity index is 322. The molecule has 0 aliphatic rings. The number of hydrogen-bond acceptors (Lipinski definition) is 3. The summed E-state index contributed by atoms with van der Waals surface area (Å²) in [6.07, 6.45) is 4.47. The molecule has 5 heteroatoms. The molecule has 0 unspecified atom stereocenters. The third kappa shape index (κ3) is 9.05. The third-order valence-electron chi connectivity index (χ3n) is 2.05. The Morgan fingerprint density at radius 1 is 1.47 bits per heavy atom. The molecule has 0 fully saturated rings. The summed E-state index contributed by atoms with van der Waals surface area (Å²) in [6.45, 7) is 6.85. The molecule has 0 saturated heterocycles. The fourth-order valence-corrected chi connectivity index (χ4v) is 1.24. The lowest BCUT2D eigenvalue weighted by Crippen LogP contribution is -2.27. The molecule has 0 aliphatic heterocycles. The molecule has 1 N–H and O–H groups in total. The van der Waals surface area contributed by atoms with Gasteiger partial charge >= 0.3 is 0 Å². The van der Waals surface area contributed by atoms with Crippen molar-refractivity contribution in [2.75, 3.05) is 27.2 Å². The minimum Gasteiger partial charge on any atom is -0.352 e. The van der Waals surface area contributed by atoms with Crippen molar-refractivity contribution >= 4 is 35.2 Å². The maximum atomic E-state index is 11.6. The summed E-state index contributed by atoms with van der Waals surface area (Å²) in [5, 5.41) is 2.87. The number of nitrogens with one attached hydrogen (secondary N) is 1. The monoisotopic (exact) mass is 349 g/mol. The quantitative estimate of drug-likeness (QED) is 0.191. The van der Waals surface area contributed by atoms with E-state index in [1.807, 2.05) is 14.1 Å². The largest absolute Gasteiger partial charge is 0.352 e. The van der Waals surface area contributed by atoms with Crippen molar-refractivity contribution < 1.29 is 4.79 Å². The second-order valence-corrected chi connectivity index (χ2v) is 5.02. The van der Waals surface area contributed by atoms with Crippen molar-refractivity contribution in [2.24, 2.45) is 4.99 Å². The van der Waals surface area contributed by atoms with E-state index in [0.29, 0.717) is 12.1 Å². The fraction of sp³-hybridized carbons (Fsp3) is 0.500. The van der Waals surface area contributed by atoms with E-state index in [-0.39, 0.29) is 5.91 Å². The summed E-state index contributed by atoms with van der Waals surface area (Å²) < 4.78 is 0.766. The Morgan fingerprint density at radius 3 is 2.65 bits per heavy atom. The van der Waals surface area contributed by atoms with Crippen LogP contribution in [0.1, 0.15) is 13.3 Å². The van der Waals surface area contributed by atoms with Crippen molar-refractivity contribution in [3.05, 3.63) is 21.4 Å². The molecule has 96 valence electrons. The normalized spacial score (nSPS) is 12.8. The highest BCUT2D eigenvalue weighted by atomic mass is 127. The average molecular weight is 349 g/mol. The van der Waals surface area contributed by atoms with Gasteiger partial charge in [0.2, 0.25) is 5.91 Å². The van der Waals surface area contributed by atoms with Gasteiger partial charge in [0.05, 0.1) is 0 Å². The van der Waals surface area contributed by atoms with Gasteiger partial charge in [-0.25, -0.2) is 0 Å². The van der Waals surface area contributed by atoms with Crippen molar-refractivity contribution in [1.82, 2.24) is 10.2 Å². The van der Waals surface area contributed by atoms with E-state index in [2.05, 4.69) is 44.5 Å². The van der Waals surface area contributed by atoms with Crippen LogP contribution in [0.3, 0.4) is 0 Å². The molecule has 0 bridgehead atoms. The van der Waals surface area contributed by atoms with Crippen LogP contribution in [0.5, 0.6) is 0 Å². The first kappa shape index (κ1) is 16.3. The van der Waals surface area contributed by atoms with Gasteiger partial charge in [-0.05, 0) is 69.4 Å². The average Bonchev–Trinajstić information content (AvgIpc) is 2.30. The van der Waals surface area contributed by atoms with Crippen LogP contribution in [-0.2, 0) is 4.79 Å². The minimum absolute atomic E-state index is 0.0340. The number of halogens is 1. The number of hydrogen-bond donors (Lipinski definition) is 1. The van der Waals surface area contributed by atoms with Gasteiger partial charge in [0, 0.05) is 12.1 Å². The molecule has 0 saturated carbocycles. The molecule has 0 heterocycles. The zero-order chi connectivity index (χ0) is 13.3. The Balaban J connectivity index is 4.02. The highest BCUT2D eigenvalue weighted by Crippen LogP contribution is 2.07. The van der Waals surface area contributed by atoms with Crippen molar-refractivity contribution in [2.45, 2.75) is 13.3 Å². The van der Waals surface area contributed by atoms with E-state index in [4.69, 9.17) is 0 Å². The zero-order valence-corrected chi connectivity index (χ0v) is 12.8. The SMILES string of the molecule is C=N/C(I)=C\C=C(/C)C(=O)NCCCN(C)C. The number of rotatable bonds is 7. The minimum atomic E-state index is -0.0340. The van der Waals surface area contributed by atoms with Crippen molar-refractivity contribution in [1.29, 1.82) is 0 Å². The van der Waals surface area contributed by atoms with Crippen LogP contribution >= 0.6 is 22.6 Å². The second-order valence-electron chi connectivity index (χ2n) is 3.91. The molecule has 0 aromatic rings. The van der Waals surface area contributed by atoms with E-state index in [0.717, 1.165) is 16.7 Å². The number of aliphatic imine (C=N–C) groups is 1. The predicted octanol–water partition coefficient (Wildman–Crippen LogP) is 1.98. The first-order valence-electron chi connectivity index (χ1n) is 5.41. The van der Waals surface area contributed by atoms with Crippen LogP contribution in [0, 0.1) is 0 Å². The summed E-state index contributed by atoms with van der Waals surface area (Å²) in [4.78, 5) is 17.4. The molecule has 0 atom stereocenters. The van der Waals surface area contributed by atoms with Gasteiger partial charge in [-0.1, -0.05) is 6.08 Å². The van der Waals surface area contributed by atoms with Crippen molar-refractivity contribution in [3.63, 3.8) is 0 Å². The van der Waals surface area contributed by atoms with Gasteiger partial charge in [-0.15, -0.1) is 0 Å². The maximum Gasteiger partial charge on any atom is 0.246 e. The molecule has 0 aliphatic carbocycles. The van der Waals surface area contributed by atoms with Crippen LogP contribution in [0.2, 0.25) is 0 Å². The maximum absolute atomic E-state index is 11.6. The lowest BCUT2D eigenvalue weighted by molar-refractivity contribution is -0.117. The van der Waals surface area contributed by atoms with E-state index in [9.17, 15) is 4.79 Å². The van der Waals surface area contributed by atoms with Gasteiger partial charge in [0.25, 0.3) is 0 Å². The van der Waals surface area contributed by atoms with E-state index < -0.39 is 0 Å². The molecule has 1 amide bonds. The Morgan fingerprint density at radius 2 is 2.12 bits per heavy atom. The number of allylic oxidation sites excluding steroid dienone is 2. The second kappa shape index (κ2) is 9.35. The standard InChI is InChI=1S/C12H20IN3O/c1-10(6-7-11(13)14-2)12(17)15-8-5-9-16(3)4/h6-7H,2,5,8-9H2,1,3-4H3,(H,15,17)/b10-6+,11-7-. The molecular weight excluding hydrogens is 329 g/mol. The zero-order valence-electron chi connectivity index (χ0n) is 10.7. The Hall–Kier alpha value is -0.690. The van der Waals surface area contributed by atoms with Crippen LogP contribution in [0.15, 0.2) is 26.4 Å². The summed E-state index contributed by atoms with van der Waals surface area (Å²) >= 11 is 2.05. The molecule has 0 spiro atoms. The predicted molar refractivity (Wildman–Crippen MR) is 81.6 cm³/mol. The Labute approximate surface area is 117 Å². The van der Waals surface area contributed by atoms with Gasteiger partial charge < -0.3 is 10.2 Å². The highest BCUT2D eigenvalue weighted by molar-refractivity contribution is 14.1. The van der Waals surface area contributed by atoms with Gasteiger partial charge in [0.1, 0.15) is 3.70 Å². The van der Waals surface area contributed by atoms with Gasteiger partial charge in [-0.3, -0.25) is 9.79 Å². The smallest absolute Gasteiger partial charge is 0.246 e. The molecule has 0 radical (unpaired) electrons. The fourth-order valence-electron chi connectivity index (χ4n) is 1.06.